The van der Waals surface area contributed by atoms with Crippen LogP contribution < -0.4 is 0 Å². The summed E-state index contributed by atoms with van der Waals surface area (Å²) in [6.45, 7) is 8.66. The molecule has 0 atom stereocenters. The average Bonchev–Trinajstić information content (AvgIpc) is 2.50. The van der Waals surface area contributed by atoms with Crippen molar-refractivity contribution in [2.75, 3.05) is 0 Å². The third-order valence-corrected chi connectivity index (χ3v) is 4.91. The summed E-state index contributed by atoms with van der Waals surface area (Å²) in [5.74, 6) is 0.999. The van der Waals surface area contributed by atoms with E-state index in [4.69, 9.17) is 17.2 Å². The summed E-state index contributed by atoms with van der Waals surface area (Å²) in [5, 5.41) is 0. The van der Waals surface area contributed by atoms with E-state index < -0.39 is 0 Å². The van der Waals surface area contributed by atoms with Gasteiger partial charge in [0.25, 0.3) is 0 Å². The Morgan fingerprint density at radius 2 is 1.71 bits per heavy atom. The van der Waals surface area contributed by atoms with E-state index in [-0.39, 0.29) is 5.41 Å². The van der Waals surface area contributed by atoms with Crippen molar-refractivity contribution in [1.29, 1.82) is 0 Å². The number of benzene rings is 1. The Balaban J connectivity index is 2.67. The Morgan fingerprint density at radius 1 is 1.10 bits per heavy atom. The van der Waals surface area contributed by atoms with Gasteiger partial charge in [0.1, 0.15) is 10.5 Å². The van der Waals surface area contributed by atoms with Crippen LogP contribution >= 0.6 is 12.2 Å². The van der Waals surface area contributed by atoms with Gasteiger partial charge >= 0.3 is 0 Å². The fourth-order valence-electron chi connectivity index (χ4n) is 3.14. The van der Waals surface area contributed by atoms with Crippen LogP contribution in [0.4, 0.5) is 0 Å². The van der Waals surface area contributed by atoms with Crippen molar-refractivity contribution >= 4 is 12.2 Å². The molecular weight excluding hydrogens is 276 g/mol. The lowest BCUT2D eigenvalue weighted by Crippen LogP contribution is -2.29. The first kappa shape index (κ1) is 15.9. The second kappa shape index (κ2) is 6.52. The van der Waals surface area contributed by atoms with Crippen molar-refractivity contribution in [2.45, 2.75) is 52.4 Å². The van der Waals surface area contributed by atoms with E-state index in [2.05, 4.69) is 63.0 Å². The SMILES string of the molecule is CCc1c(C)[nH]c(C(CC)(CC)c2ccccc2)nc1=S. The molecular formula is C18H24N2S. The summed E-state index contributed by atoms with van der Waals surface area (Å²) in [7, 11) is 0. The first-order valence-corrected chi connectivity index (χ1v) is 8.15. The highest BCUT2D eigenvalue weighted by Gasteiger charge is 2.33. The first-order valence-electron chi connectivity index (χ1n) is 7.74. The number of aryl methyl sites for hydroxylation is 1. The lowest BCUT2D eigenvalue weighted by molar-refractivity contribution is 0.446. The zero-order valence-electron chi connectivity index (χ0n) is 13.4. The molecule has 1 aromatic heterocycles. The monoisotopic (exact) mass is 300 g/mol. The molecule has 1 N–H and O–H groups in total. The molecule has 0 aliphatic rings. The Kier molecular flexibility index (Phi) is 4.94. The van der Waals surface area contributed by atoms with Crippen molar-refractivity contribution in [3.05, 3.63) is 57.6 Å². The maximum Gasteiger partial charge on any atom is 0.133 e. The first-order chi connectivity index (χ1) is 10.1. The van der Waals surface area contributed by atoms with Crippen LogP contribution in [-0.4, -0.2) is 9.97 Å². The molecule has 0 saturated heterocycles. The lowest BCUT2D eigenvalue weighted by atomic mass is 9.75. The van der Waals surface area contributed by atoms with Gasteiger partial charge in [0.2, 0.25) is 0 Å². The number of nitrogens with one attached hydrogen (secondary N) is 1. The van der Waals surface area contributed by atoms with Gasteiger partial charge in [0.05, 0.1) is 5.41 Å². The molecule has 0 bridgehead atoms. The van der Waals surface area contributed by atoms with Crippen molar-refractivity contribution in [3.8, 4) is 0 Å². The van der Waals surface area contributed by atoms with Crippen LogP contribution in [-0.2, 0) is 11.8 Å². The lowest BCUT2D eigenvalue weighted by Gasteiger charge is -2.32. The number of hydrogen-bond donors (Lipinski definition) is 1. The second-order valence-corrected chi connectivity index (χ2v) is 5.89. The summed E-state index contributed by atoms with van der Waals surface area (Å²) in [4.78, 5) is 8.29. The number of H-pyrrole nitrogens is 1. The van der Waals surface area contributed by atoms with Crippen LogP contribution in [0.1, 0.15) is 56.3 Å². The highest BCUT2D eigenvalue weighted by molar-refractivity contribution is 7.71. The van der Waals surface area contributed by atoms with E-state index in [0.29, 0.717) is 0 Å². The molecule has 112 valence electrons. The van der Waals surface area contributed by atoms with Gasteiger partial charge in [-0.25, -0.2) is 4.98 Å². The summed E-state index contributed by atoms with van der Waals surface area (Å²) >= 11 is 5.51. The molecule has 2 rings (SSSR count). The van der Waals surface area contributed by atoms with E-state index in [1.54, 1.807) is 0 Å². The van der Waals surface area contributed by atoms with E-state index in [1.807, 2.05) is 0 Å². The fourth-order valence-corrected chi connectivity index (χ4v) is 3.53. The number of hydrogen-bond acceptors (Lipinski definition) is 2. The van der Waals surface area contributed by atoms with Gasteiger partial charge in [-0.05, 0) is 31.7 Å². The molecule has 0 unspecified atom stereocenters. The number of rotatable bonds is 5. The molecule has 0 aliphatic heterocycles. The molecule has 3 heteroatoms. The zero-order valence-corrected chi connectivity index (χ0v) is 14.2. The van der Waals surface area contributed by atoms with Gasteiger partial charge in [0.15, 0.2) is 0 Å². The van der Waals surface area contributed by atoms with Crippen LogP contribution in [0.25, 0.3) is 0 Å². The Hall–Kier alpha value is -1.48. The van der Waals surface area contributed by atoms with E-state index in [0.717, 1.165) is 41.0 Å². The summed E-state index contributed by atoms with van der Waals surface area (Å²) < 4.78 is 0.742. The standard InChI is InChI=1S/C18H24N2S/c1-5-15-13(4)19-17(20-16(15)21)18(6-2,7-3)14-11-9-8-10-12-14/h8-12H,5-7H2,1-4H3,(H,19,20,21). The number of nitrogens with zero attached hydrogens (tertiary/aromatic N) is 1. The highest BCUT2D eigenvalue weighted by Crippen LogP contribution is 2.37. The highest BCUT2D eigenvalue weighted by atomic mass is 32.1. The summed E-state index contributed by atoms with van der Waals surface area (Å²) in [6.07, 6.45) is 2.92. The van der Waals surface area contributed by atoms with Crippen LogP contribution in [0.2, 0.25) is 0 Å². The summed E-state index contributed by atoms with van der Waals surface area (Å²) in [6, 6.07) is 10.6. The molecule has 2 nitrogen and oxygen atoms in total. The molecule has 0 aliphatic carbocycles. The van der Waals surface area contributed by atoms with Crippen LogP contribution in [0.5, 0.6) is 0 Å². The van der Waals surface area contributed by atoms with E-state index in [9.17, 15) is 0 Å². The van der Waals surface area contributed by atoms with Gasteiger partial charge in [-0.1, -0.05) is 63.3 Å². The number of aromatic nitrogens is 2. The minimum atomic E-state index is -0.0914. The molecule has 1 aromatic carbocycles. The Labute approximate surface area is 132 Å². The van der Waals surface area contributed by atoms with Crippen molar-refractivity contribution in [3.63, 3.8) is 0 Å². The van der Waals surface area contributed by atoms with Crippen LogP contribution in [0.3, 0.4) is 0 Å². The van der Waals surface area contributed by atoms with Gasteiger partial charge in [-0.2, -0.15) is 0 Å². The van der Waals surface area contributed by atoms with Crippen molar-refractivity contribution in [2.24, 2.45) is 0 Å². The third kappa shape index (κ3) is 2.80. The molecule has 0 spiro atoms. The summed E-state index contributed by atoms with van der Waals surface area (Å²) in [5.41, 5.74) is 3.51. The Bertz CT molecular complexity index is 655. The predicted octanol–water partition coefficient (Wildman–Crippen LogP) is 5.12. The molecule has 0 radical (unpaired) electrons. The topological polar surface area (TPSA) is 28.7 Å². The fraction of sp³-hybridized carbons (Fsp3) is 0.444. The smallest absolute Gasteiger partial charge is 0.133 e. The third-order valence-electron chi connectivity index (χ3n) is 4.57. The molecule has 1 heterocycles. The molecule has 0 fully saturated rings. The van der Waals surface area contributed by atoms with Gasteiger partial charge in [-0.3, -0.25) is 0 Å². The Morgan fingerprint density at radius 3 is 2.19 bits per heavy atom. The minimum Gasteiger partial charge on any atom is -0.346 e. The van der Waals surface area contributed by atoms with Gasteiger partial charge in [0, 0.05) is 11.3 Å². The van der Waals surface area contributed by atoms with Crippen molar-refractivity contribution in [1.82, 2.24) is 9.97 Å². The molecule has 2 aromatic rings. The van der Waals surface area contributed by atoms with Crippen LogP contribution in [0, 0.1) is 11.6 Å². The largest absolute Gasteiger partial charge is 0.346 e. The second-order valence-electron chi connectivity index (χ2n) is 5.50. The van der Waals surface area contributed by atoms with Gasteiger partial charge < -0.3 is 4.98 Å². The molecule has 21 heavy (non-hydrogen) atoms. The maximum absolute atomic E-state index is 5.51. The number of aromatic amines is 1. The zero-order chi connectivity index (χ0) is 15.5. The molecule has 0 saturated carbocycles. The predicted molar refractivity (Wildman–Crippen MR) is 91.3 cm³/mol. The van der Waals surface area contributed by atoms with Gasteiger partial charge in [-0.15, -0.1) is 0 Å². The quantitative estimate of drug-likeness (QED) is 0.777. The normalized spacial score (nSPS) is 11.6. The maximum atomic E-state index is 5.51. The van der Waals surface area contributed by atoms with Crippen molar-refractivity contribution < 1.29 is 0 Å². The minimum absolute atomic E-state index is 0.0914. The van der Waals surface area contributed by atoms with E-state index in [1.165, 1.54) is 5.56 Å². The average molecular weight is 300 g/mol. The van der Waals surface area contributed by atoms with E-state index >= 15 is 0 Å². The molecule has 0 amide bonds. The van der Waals surface area contributed by atoms with Crippen LogP contribution in [0.15, 0.2) is 30.3 Å².